The van der Waals surface area contributed by atoms with Crippen molar-refractivity contribution in [1.29, 1.82) is 0 Å². The van der Waals surface area contributed by atoms with Crippen molar-refractivity contribution in [2.24, 2.45) is 0 Å². The summed E-state index contributed by atoms with van der Waals surface area (Å²) >= 11 is 0. The summed E-state index contributed by atoms with van der Waals surface area (Å²) < 4.78 is 31.9. The first kappa shape index (κ1) is 15.9. The minimum absolute atomic E-state index is 0.0348. The summed E-state index contributed by atoms with van der Waals surface area (Å²) in [5.41, 5.74) is 6.67. The second-order valence-electron chi connectivity index (χ2n) is 6.11. The van der Waals surface area contributed by atoms with Crippen LogP contribution in [0.25, 0.3) is 11.0 Å². The molecule has 3 N–H and O–H groups in total. The summed E-state index contributed by atoms with van der Waals surface area (Å²) in [5.74, 6) is 0.383. The second kappa shape index (κ2) is 6.03. The van der Waals surface area contributed by atoms with Crippen molar-refractivity contribution < 1.29 is 13.2 Å². The van der Waals surface area contributed by atoms with Crippen molar-refractivity contribution in [2.45, 2.75) is 41.6 Å². The van der Waals surface area contributed by atoms with Gasteiger partial charge in [-0.15, -0.1) is 0 Å². The molecular formula is C17H18N4O3S. The van der Waals surface area contributed by atoms with Crippen LogP contribution in [0.2, 0.25) is 0 Å². The van der Waals surface area contributed by atoms with Gasteiger partial charge in [0.15, 0.2) is 0 Å². The summed E-state index contributed by atoms with van der Waals surface area (Å²) in [6.45, 7) is 0. The molecule has 0 saturated heterocycles. The summed E-state index contributed by atoms with van der Waals surface area (Å²) in [5, 5.41) is 0. The predicted molar refractivity (Wildman–Crippen MR) is 93.1 cm³/mol. The van der Waals surface area contributed by atoms with Crippen molar-refractivity contribution >= 4 is 26.7 Å². The van der Waals surface area contributed by atoms with E-state index in [1.807, 2.05) is 0 Å². The number of aromatic amines is 1. The minimum atomic E-state index is -3.80. The molecule has 1 fully saturated rings. The van der Waals surface area contributed by atoms with Gasteiger partial charge in [-0.1, -0.05) is 18.2 Å². The number of ether oxygens (including phenoxy) is 1. The number of benzene rings is 1. The van der Waals surface area contributed by atoms with Gasteiger partial charge in [-0.3, -0.25) is 0 Å². The number of hydrogen-bond donors (Lipinski definition) is 2. The van der Waals surface area contributed by atoms with Crippen molar-refractivity contribution in [3.8, 4) is 5.88 Å². The van der Waals surface area contributed by atoms with E-state index in [0.717, 1.165) is 25.7 Å². The van der Waals surface area contributed by atoms with E-state index >= 15 is 0 Å². The lowest BCUT2D eigenvalue weighted by Crippen LogP contribution is -2.12. The highest BCUT2D eigenvalue weighted by molar-refractivity contribution is 7.92. The maximum Gasteiger partial charge on any atom is 0.241 e. The predicted octanol–water partition coefficient (Wildman–Crippen LogP) is 2.69. The van der Waals surface area contributed by atoms with Crippen LogP contribution in [-0.2, 0) is 9.84 Å². The highest BCUT2D eigenvalue weighted by Gasteiger charge is 2.28. The van der Waals surface area contributed by atoms with Gasteiger partial charge < -0.3 is 15.5 Å². The van der Waals surface area contributed by atoms with Crippen molar-refractivity contribution in [3.63, 3.8) is 0 Å². The molecule has 7 nitrogen and oxygen atoms in total. The number of rotatable bonds is 4. The highest BCUT2D eigenvalue weighted by atomic mass is 32.2. The van der Waals surface area contributed by atoms with Gasteiger partial charge in [0.25, 0.3) is 0 Å². The van der Waals surface area contributed by atoms with Gasteiger partial charge in [0, 0.05) is 0 Å². The summed E-state index contributed by atoms with van der Waals surface area (Å²) in [4.78, 5) is 11.3. The highest BCUT2D eigenvalue weighted by Crippen LogP contribution is 2.35. The molecule has 0 bridgehead atoms. The third-order valence-corrected chi connectivity index (χ3v) is 6.28. The van der Waals surface area contributed by atoms with Crippen LogP contribution in [0.15, 0.2) is 46.5 Å². The molecule has 2 heterocycles. The fourth-order valence-electron chi connectivity index (χ4n) is 3.22. The Hall–Kier alpha value is -2.61. The first-order valence-corrected chi connectivity index (χ1v) is 9.64. The normalized spacial score (nSPS) is 15.7. The lowest BCUT2D eigenvalue weighted by molar-refractivity contribution is 0.204. The Bertz CT molecular complexity index is 1010. The van der Waals surface area contributed by atoms with Crippen LogP contribution < -0.4 is 10.5 Å². The zero-order valence-electron chi connectivity index (χ0n) is 13.5. The lowest BCUT2D eigenvalue weighted by Gasteiger charge is -2.12. The number of nitrogens with zero attached hydrogens (tertiary/aromatic N) is 2. The molecule has 1 aromatic carbocycles. The summed E-state index contributed by atoms with van der Waals surface area (Å²) in [7, 11) is -3.80. The monoisotopic (exact) mass is 358 g/mol. The summed E-state index contributed by atoms with van der Waals surface area (Å²) in [6.07, 6.45) is 5.59. The number of nitrogen functional groups attached to an aromatic ring is 1. The SMILES string of the molecule is Nc1[nH]c2c(OC3CCCC3)ncnc2c1S(=O)(=O)c1ccccc1. The molecule has 4 rings (SSSR count). The molecule has 0 unspecified atom stereocenters. The van der Waals surface area contributed by atoms with Gasteiger partial charge in [-0.05, 0) is 37.8 Å². The Labute approximate surface area is 145 Å². The maximum absolute atomic E-state index is 13.0. The maximum atomic E-state index is 13.0. The Kier molecular flexibility index (Phi) is 3.84. The van der Waals surface area contributed by atoms with Gasteiger partial charge in [-0.2, -0.15) is 4.98 Å². The van der Waals surface area contributed by atoms with E-state index < -0.39 is 9.84 Å². The zero-order chi connectivity index (χ0) is 17.4. The van der Waals surface area contributed by atoms with E-state index in [0.29, 0.717) is 11.4 Å². The molecule has 3 aromatic rings. The molecular weight excluding hydrogens is 340 g/mol. The average Bonchev–Trinajstić information content (AvgIpc) is 3.23. The quantitative estimate of drug-likeness (QED) is 0.742. The van der Waals surface area contributed by atoms with E-state index in [4.69, 9.17) is 10.5 Å². The molecule has 8 heteroatoms. The standard InChI is InChI=1S/C17H18N4O3S/c18-16-15(25(22,23)12-8-2-1-3-9-12)13-14(21-16)17(20-10-19-13)24-11-6-4-5-7-11/h1-3,8-11,21H,4-7,18H2. The number of fused-ring (bicyclic) bond motifs is 1. The third kappa shape index (κ3) is 2.72. The number of sulfone groups is 1. The Morgan fingerprint density at radius 1 is 1.12 bits per heavy atom. The van der Waals surface area contributed by atoms with Crippen LogP contribution in [0.4, 0.5) is 5.82 Å². The van der Waals surface area contributed by atoms with Gasteiger partial charge in [0.1, 0.15) is 34.2 Å². The third-order valence-electron chi connectivity index (χ3n) is 4.43. The number of nitrogens with one attached hydrogen (secondary N) is 1. The van der Waals surface area contributed by atoms with E-state index in [9.17, 15) is 8.42 Å². The fraction of sp³-hybridized carbons (Fsp3) is 0.294. The van der Waals surface area contributed by atoms with E-state index in [-0.39, 0.29) is 27.2 Å². The van der Waals surface area contributed by atoms with Crippen LogP contribution in [0, 0.1) is 0 Å². The smallest absolute Gasteiger partial charge is 0.241 e. The molecule has 2 aromatic heterocycles. The number of aromatic nitrogens is 3. The first-order valence-electron chi connectivity index (χ1n) is 8.16. The van der Waals surface area contributed by atoms with E-state index in [2.05, 4.69) is 15.0 Å². The molecule has 1 aliphatic rings. The molecule has 25 heavy (non-hydrogen) atoms. The molecule has 0 atom stereocenters. The van der Waals surface area contributed by atoms with Gasteiger partial charge >= 0.3 is 0 Å². The Balaban J connectivity index is 1.84. The topological polar surface area (TPSA) is 111 Å². The molecule has 0 radical (unpaired) electrons. The van der Waals surface area contributed by atoms with Crippen LogP contribution >= 0.6 is 0 Å². The first-order chi connectivity index (χ1) is 12.1. The molecule has 1 aliphatic carbocycles. The number of hydrogen-bond acceptors (Lipinski definition) is 6. The fourth-order valence-corrected chi connectivity index (χ4v) is 4.72. The minimum Gasteiger partial charge on any atom is -0.473 e. The lowest BCUT2D eigenvalue weighted by atomic mass is 10.3. The molecule has 0 spiro atoms. The van der Waals surface area contributed by atoms with E-state index in [1.165, 1.54) is 18.5 Å². The number of anilines is 1. The average molecular weight is 358 g/mol. The van der Waals surface area contributed by atoms with Crippen molar-refractivity contribution in [1.82, 2.24) is 15.0 Å². The summed E-state index contributed by atoms with van der Waals surface area (Å²) in [6, 6.07) is 8.16. The van der Waals surface area contributed by atoms with Gasteiger partial charge in [0.05, 0.1) is 4.90 Å². The Morgan fingerprint density at radius 2 is 1.84 bits per heavy atom. The van der Waals surface area contributed by atoms with Crippen LogP contribution in [0.3, 0.4) is 0 Å². The van der Waals surface area contributed by atoms with E-state index in [1.54, 1.807) is 18.2 Å². The van der Waals surface area contributed by atoms with Crippen LogP contribution in [-0.4, -0.2) is 29.5 Å². The number of nitrogens with two attached hydrogens (primary N) is 1. The van der Waals surface area contributed by atoms with Crippen LogP contribution in [0.5, 0.6) is 5.88 Å². The Morgan fingerprint density at radius 3 is 2.56 bits per heavy atom. The van der Waals surface area contributed by atoms with Crippen molar-refractivity contribution in [2.75, 3.05) is 5.73 Å². The molecule has 1 saturated carbocycles. The number of H-pyrrole nitrogens is 1. The second-order valence-corrected chi connectivity index (χ2v) is 8.00. The van der Waals surface area contributed by atoms with Crippen LogP contribution in [0.1, 0.15) is 25.7 Å². The van der Waals surface area contributed by atoms with Gasteiger partial charge in [-0.25, -0.2) is 13.4 Å². The van der Waals surface area contributed by atoms with Crippen molar-refractivity contribution in [3.05, 3.63) is 36.7 Å². The van der Waals surface area contributed by atoms with Gasteiger partial charge in [0.2, 0.25) is 15.7 Å². The molecule has 0 amide bonds. The molecule has 0 aliphatic heterocycles. The largest absolute Gasteiger partial charge is 0.473 e. The zero-order valence-corrected chi connectivity index (χ0v) is 14.3. The molecule has 130 valence electrons.